The van der Waals surface area contributed by atoms with Crippen LogP contribution < -0.4 is 15.4 Å². The van der Waals surface area contributed by atoms with Crippen LogP contribution in [0, 0.1) is 18.3 Å². The van der Waals surface area contributed by atoms with Crippen molar-refractivity contribution >= 4 is 27.6 Å². The highest BCUT2D eigenvalue weighted by Gasteiger charge is 2.25. The van der Waals surface area contributed by atoms with E-state index in [0.29, 0.717) is 48.8 Å². The molecule has 1 aliphatic heterocycles. The molecule has 0 radical (unpaired) electrons. The Kier molecular flexibility index (Phi) is 9.44. The van der Waals surface area contributed by atoms with Crippen molar-refractivity contribution in [3.05, 3.63) is 64.7 Å². The van der Waals surface area contributed by atoms with Gasteiger partial charge in [0, 0.05) is 37.4 Å². The van der Waals surface area contributed by atoms with Gasteiger partial charge in [-0.05, 0) is 74.4 Å². The molecular weight excluding hydrogens is 478 g/mol. The average molecular weight is 512 g/mol. The van der Waals surface area contributed by atoms with Crippen molar-refractivity contribution in [1.82, 2.24) is 14.9 Å². The largest absolute Gasteiger partial charge is 0.339 e. The summed E-state index contributed by atoms with van der Waals surface area (Å²) >= 11 is 0. The van der Waals surface area contributed by atoms with Crippen LogP contribution in [0.25, 0.3) is 0 Å². The minimum Gasteiger partial charge on any atom is -0.339 e. The number of hydrogen-bond acceptors (Lipinski definition) is 5. The van der Waals surface area contributed by atoms with Crippen LogP contribution in [-0.2, 0) is 10.0 Å². The molecule has 9 nitrogen and oxygen atoms in total. The number of rotatable bonds is 9. The highest BCUT2D eigenvalue weighted by molar-refractivity contribution is 7.89. The first kappa shape index (κ1) is 27.2. The third-order valence-corrected chi connectivity index (χ3v) is 7.77. The Morgan fingerprint density at radius 1 is 1.08 bits per heavy atom. The molecule has 192 valence electrons. The number of sulfonamides is 1. The zero-order valence-corrected chi connectivity index (χ0v) is 21.5. The van der Waals surface area contributed by atoms with Gasteiger partial charge < -0.3 is 15.5 Å². The Labute approximate surface area is 212 Å². The second-order valence-electron chi connectivity index (χ2n) is 8.86. The molecule has 2 aromatic carbocycles. The Morgan fingerprint density at radius 3 is 2.42 bits per heavy atom. The van der Waals surface area contributed by atoms with E-state index in [0.717, 1.165) is 18.4 Å². The van der Waals surface area contributed by atoms with Crippen molar-refractivity contribution in [3.63, 3.8) is 0 Å². The molecule has 0 atom stereocenters. The van der Waals surface area contributed by atoms with E-state index in [1.165, 1.54) is 5.56 Å². The molecule has 3 rings (SSSR count). The van der Waals surface area contributed by atoms with E-state index in [1.807, 2.05) is 42.2 Å². The lowest BCUT2D eigenvalue weighted by Crippen LogP contribution is -2.38. The normalized spacial score (nSPS) is 14.2. The Balaban J connectivity index is 1.51. The molecule has 1 aliphatic rings. The Bertz CT molecular complexity index is 1210. The molecule has 0 aliphatic carbocycles. The summed E-state index contributed by atoms with van der Waals surface area (Å²) in [6, 6.07) is 14.6. The van der Waals surface area contributed by atoms with E-state index in [2.05, 4.69) is 21.4 Å². The number of nitriles is 1. The summed E-state index contributed by atoms with van der Waals surface area (Å²) in [6.07, 6.45) is 2.17. The van der Waals surface area contributed by atoms with Gasteiger partial charge in [-0.2, -0.15) is 5.26 Å². The van der Waals surface area contributed by atoms with Crippen molar-refractivity contribution in [1.29, 1.82) is 5.26 Å². The number of likely N-dealkylation sites (tertiary alicyclic amines) is 1. The molecule has 1 heterocycles. The van der Waals surface area contributed by atoms with Crippen molar-refractivity contribution < 1.29 is 18.0 Å². The Morgan fingerprint density at radius 2 is 1.78 bits per heavy atom. The molecule has 0 unspecified atom stereocenters. The molecule has 10 heteroatoms. The van der Waals surface area contributed by atoms with Gasteiger partial charge in [0.25, 0.3) is 5.91 Å². The zero-order valence-electron chi connectivity index (χ0n) is 20.7. The van der Waals surface area contributed by atoms with Crippen LogP contribution in [0.1, 0.15) is 59.2 Å². The van der Waals surface area contributed by atoms with Crippen molar-refractivity contribution in [3.8, 4) is 6.07 Å². The first-order valence-corrected chi connectivity index (χ1v) is 13.8. The van der Waals surface area contributed by atoms with Crippen LogP contribution in [0.2, 0.25) is 0 Å². The predicted octanol–water partition coefficient (Wildman–Crippen LogP) is 3.34. The molecule has 0 saturated carbocycles. The summed E-state index contributed by atoms with van der Waals surface area (Å²) in [5.74, 6) is 0.308. The van der Waals surface area contributed by atoms with Crippen LogP contribution >= 0.6 is 0 Å². The monoisotopic (exact) mass is 511 g/mol. The minimum atomic E-state index is -3.24. The number of urea groups is 1. The fourth-order valence-electron chi connectivity index (χ4n) is 4.10. The van der Waals surface area contributed by atoms with Gasteiger partial charge in [0.2, 0.25) is 10.0 Å². The van der Waals surface area contributed by atoms with Gasteiger partial charge in [0.1, 0.15) is 0 Å². The number of amides is 3. The second kappa shape index (κ2) is 12.5. The van der Waals surface area contributed by atoms with Crippen molar-refractivity contribution in [2.75, 3.05) is 37.2 Å². The van der Waals surface area contributed by atoms with E-state index in [-0.39, 0.29) is 18.2 Å². The lowest BCUT2D eigenvalue weighted by atomic mass is 9.89. The molecule has 0 aromatic heterocycles. The first-order valence-electron chi connectivity index (χ1n) is 12.1. The van der Waals surface area contributed by atoms with Crippen LogP contribution in [0.4, 0.5) is 10.5 Å². The van der Waals surface area contributed by atoms with E-state index in [9.17, 15) is 18.0 Å². The van der Waals surface area contributed by atoms with Crippen LogP contribution in [-0.4, -0.2) is 57.2 Å². The maximum absolute atomic E-state index is 13.1. The molecule has 2 aromatic rings. The van der Waals surface area contributed by atoms with Crippen LogP contribution in [0.15, 0.2) is 42.5 Å². The maximum atomic E-state index is 13.1. The summed E-state index contributed by atoms with van der Waals surface area (Å²) in [6.45, 7) is 5.26. The average Bonchev–Trinajstić information content (AvgIpc) is 2.89. The third-order valence-electron chi connectivity index (χ3n) is 6.37. The van der Waals surface area contributed by atoms with E-state index < -0.39 is 16.1 Å². The summed E-state index contributed by atoms with van der Waals surface area (Å²) in [7, 11) is -3.24. The fraction of sp³-hybridized carbons (Fsp3) is 0.423. The SMILES string of the molecule is CCS(=O)(=O)NCCCNC(=O)Nc1cc(C(=O)N2CCC(c3ccc(C#N)cc3)CC2)ccc1C. The topological polar surface area (TPSA) is 131 Å². The van der Waals surface area contributed by atoms with Crippen molar-refractivity contribution in [2.45, 2.75) is 39.0 Å². The highest BCUT2D eigenvalue weighted by Crippen LogP contribution is 2.29. The van der Waals surface area contributed by atoms with Crippen LogP contribution in [0.3, 0.4) is 0 Å². The first-order chi connectivity index (χ1) is 17.2. The lowest BCUT2D eigenvalue weighted by molar-refractivity contribution is 0.0713. The molecule has 0 bridgehead atoms. The van der Waals surface area contributed by atoms with Gasteiger partial charge in [0.15, 0.2) is 0 Å². The Hall–Kier alpha value is -3.42. The maximum Gasteiger partial charge on any atom is 0.319 e. The number of hydrogen-bond donors (Lipinski definition) is 3. The van der Waals surface area contributed by atoms with Gasteiger partial charge in [-0.1, -0.05) is 18.2 Å². The number of benzene rings is 2. The molecule has 1 fully saturated rings. The second-order valence-corrected chi connectivity index (χ2v) is 11.0. The fourth-order valence-corrected chi connectivity index (χ4v) is 4.76. The summed E-state index contributed by atoms with van der Waals surface area (Å²) in [5.41, 5.74) is 3.73. The molecular formula is C26H33N5O4S. The van der Waals surface area contributed by atoms with E-state index in [4.69, 9.17) is 5.26 Å². The highest BCUT2D eigenvalue weighted by atomic mass is 32.2. The predicted molar refractivity (Wildman–Crippen MR) is 139 cm³/mol. The lowest BCUT2D eigenvalue weighted by Gasteiger charge is -2.32. The number of nitrogens with one attached hydrogen (secondary N) is 3. The quantitative estimate of drug-likeness (QED) is 0.445. The minimum absolute atomic E-state index is 0.0182. The van der Waals surface area contributed by atoms with Gasteiger partial charge in [0.05, 0.1) is 17.4 Å². The van der Waals surface area contributed by atoms with Crippen LogP contribution in [0.5, 0.6) is 0 Å². The number of nitrogens with zero attached hydrogens (tertiary/aromatic N) is 2. The smallest absolute Gasteiger partial charge is 0.319 e. The van der Waals surface area contributed by atoms with E-state index in [1.54, 1.807) is 19.1 Å². The molecule has 3 amide bonds. The van der Waals surface area contributed by atoms with E-state index >= 15 is 0 Å². The number of carbonyl (C=O) groups is 2. The molecule has 1 saturated heterocycles. The number of piperidine rings is 1. The number of carbonyl (C=O) groups excluding carboxylic acids is 2. The van der Waals surface area contributed by atoms with Gasteiger partial charge in [-0.3, -0.25) is 4.79 Å². The third kappa shape index (κ3) is 7.54. The van der Waals surface area contributed by atoms with Gasteiger partial charge in [-0.25, -0.2) is 17.9 Å². The van der Waals surface area contributed by atoms with Crippen molar-refractivity contribution in [2.24, 2.45) is 0 Å². The number of aryl methyl sites for hydroxylation is 1. The summed E-state index contributed by atoms with van der Waals surface area (Å²) in [5, 5.41) is 14.5. The zero-order chi connectivity index (χ0) is 26.1. The summed E-state index contributed by atoms with van der Waals surface area (Å²) < 4.78 is 25.3. The standard InChI is InChI=1S/C26H33N5O4S/c1-3-36(34,35)29-14-4-13-28-26(33)30-24-17-23(8-5-19(24)2)25(32)31-15-11-22(12-16-31)21-9-6-20(18-27)7-10-21/h5-10,17,22,29H,3-4,11-16H2,1-2H3,(H2,28,30,33). The molecule has 36 heavy (non-hydrogen) atoms. The van der Waals surface area contributed by atoms with Gasteiger partial charge >= 0.3 is 6.03 Å². The molecule has 3 N–H and O–H groups in total. The summed E-state index contributed by atoms with van der Waals surface area (Å²) in [4.78, 5) is 27.3. The molecule has 0 spiro atoms. The number of anilines is 1. The van der Waals surface area contributed by atoms with Gasteiger partial charge in [-0.15, -0.1) is 0 Å².